The lowest BCUT2D eigenvalue weighted by Crippen LogP contribution is -2.29. The topological polar surface area (TPSA) is 77.1 Å². The van der Waals surface area contributed by atoms with Gasteiger partial charge in [0, 0.05) is 12.1 Å². The third kappa shape index (κ3) is 3.75. The molecule has 6 nitrogen and oxygen atoms in total. The summed E-state index contributed by atoms with van der Waals surface area (Å²) in [5.74, 6) is -0.831. The molecule has 1 amide bonds. The molecular formula is C24H19N3O3S. The molecule has 0 saturated heterocycles. The number of amides is 1. The van der Waals surface area contributed by atoms with Gasteiger partial charge in [0.25, 0.3) is 0 Å². The molecule has 5 rings (SSSR count). The monoisotopic (exact) mass is 429 g/mol. The van der Waals surface area contributed by atoms with Crippen molar-refractivity contribution in [2.45, 2.75) is 19.4 Å². The summed E-state index contributed by atoms with van der Waals surface area (Å²) in [6, 6.07) is 22.1. The molecule has 1 N–H and O–H groups in total. The second-order valence-electron chi connectivity index (χ2n) is 7.32. The van der Waals surface area contributed by atoms with Crippen LogP contribution < -0.4 is 11.1 Å². The summed E-state index contributed by atoms with van der Waals surface area (Å²) in [6.45, 7) is 1.68. The molecule has 2 aromatic heterocycles. The first kappa shape index (κ1) is 19.3. The Bertz CT molecular complexity index is 1410. The first-order valence-corrected chi connectivity index (χ1v) is 10.7. The first-order valence-electron chi connectivity index (χ1n) is 9.93. The standard InChI is InChI=1S/C24H19N3O3S/c1-15(27-19-7-3-4-8-20(19)30-24(27)29)23(28)25-17-12-10-16(11-13-17)14-22-26-18-6-2-5-9-21(18)31-22/h2-13,15H,14H2,1H3,(H,25,28)/t15-/m0/s1. The van der Waals surface area contributed by atoms with Crippen LogP contribution in [-0.4, -0.2) is 15.5 Å². The molecule has 0 aliphatic heterocycles. The number of para-hydroxylation sites is 3. The maximum absolute atomic E-state index is 12.8. The maximum atomic E-state index is 12.8. The van der Waals surface area contributed by atoms with E-state index in [2.05, 4.69) is 16.4 Å². The summed E-state index contributed by atoms with van der Waals surface area (Å²) in [5.41, 5.74) is 3.86. The minimum atomic E-state index is -0.710. The Morgan fingerprint density at radius 1 is 1.06 bits per heavy atom. The van der Waals surface area contributed by atoms with Crippen molar-refractivity contribution in [3.63, 3.8) is 0 Å². The van der Waals surface area contributed by atoms with E-state index in [0.717, 1.165) is 22.5 Å². The fourth-order valence-electron chi connectivity index (χ4n) is 3.59. The molecule has 0 spiro atoms. The Morgan fingerprint density at radius 2 is 1.81 bits per heavy atom. The van der Waals surface area contributed by atoms with Gasteiger partial charge in [0.05, 0.1) is 20.7 Å². The number of oxazole rings is 1. The fraction of sp³-hybridized carbons (Fsp3) is 0.125. The van der Waals surface area contributed by atoms with Crippen molar-refractivity contribution in [3.8, 4) is 0 Å². The van der Waals surface area contributed by atoms with E-state index in [9.17, 15) is 9.59 Å². The number of rotatable bonds is 5. The number of carbonyl (C=O) groups excluding carboxylic acids is 1. The van der Waals surface area contributed by atoms with Crippen LogP contribution >= 0.6 is 11.3 Å². The van der Waals surface area contributed by atoms with Crippen molar-refractivity contribution in [3.05, 3.63) is 93.9 Å². The average molecular weight is 430 g/mol. The molecule has 31 heavy (non-hydrogen) atoms. The summed E-state index contributed by atoms with van der Waals surface area (Å²) >= 11 is 1.69. The Hall–Kier alpha value is -3.71. The molecule has 3 aromatic carbocycles. The highest BCUT2D eigenvalue weighted by atomic mass is 32.1. The number of benzene rings is 3. The van der Waals surface area contributed by atoms with E-state index in [1.54, 1.807) is 36.5 Å². The third-order valence-corrected chi connectivity index (χ3v) is 6.24. The van der Waals surface area contributed by atoms with Crippen molar-refractivity contribution in [1.29, 1.82) is 0 Å². The van der Waals surface area contributed by atoms with E-state index >= 15 is 0 Å². The van der Waals surface area contributed by atoms with Crippen LogP contribution in [0.3, 0.4) is 0 Å². The van der Waals surface area contributed by atoms with E-state index in [-0.39, 0.29) is 5.91 Å². The van der Waals surface area contributed by atoms with Crippen LogP contribution in [0.25, 0.3) is 21.3 Å². The molecule has 154 valence electrons. The van der Waals surface area contributed by atoms with Gasteiger partial charge in [-0.3, -0.25) is 9.36 Å². The molecule has 0 aliphatic rings. The van der Waals surface area contributed by atoms with E-state index in [1.807, 2.05) is 48.5 Å². The molecule has 0 bridgehead atoms. The Morgan fingerprint density at radius 3 is 2.61 bits per heavy atom. The smallest absolute Gasteiger partial charge is 0.408 e. The second-order valence-corrected chi connectivity index (χ2v) is 8.44. The van der Waals surface area contributed by atoms with E-state index in [0.29, 0.717) is 16.8 Å². The molecule has 5 aromatic rings. The number of aromatic nitrogens is 2. The van der Waals surface area contributed by atoms with E-state index < -0.39 is 11.8 Å². The van der Waals surface area contributed by atoms with Crippen LogP contribution in [0.15, 0.2) is 82.0 Å². The molecule has 0 saturated carbocycles. The lowest BCUT2D eigenvalue weighted by atomic mass is 10.1. The summed E-state index contributed by atoms with van der Waals surface area (Å²) in [4.78, 5) is 29.7. The van der Waals surface area contributed by atoms with Gasteiger partial charge in [-0.15, -0.1) is 11.3 Å². The fourth-order valence-corrected chi connectivity index (χ4v) is 4.59. The zero-order valence-electron chi connectivity index (χ0n) is 16.7. The zero-order valence-corrected chi connectivity index (χ0v) is 17.6. The molecule has 2 heterocycles. The number of nitrogens with one attached hydrogen (secondary N) is 1. The van der Waals surface area contributed by atoms with Gasteiger partial charge in [-0.05, 0) is 48.9 Å². The number of thiazole rings is 1. The van der Waals surface area contributed by atoms with Crippen molar-refractivity contribution in [1.82, 2.24) is 9.55 Å². The van der Waals surface area contributed by atoms with Gasteiger partial charge >= 0.3 is 5.76 Å². The molecule has 0 radical (unpaired) electrons. The number of hydrogen-bond acceptors (Lipinski definition) is 5. The van der Waals surface area contributed by atoms with E-state index in [1.165, 1.54) is 9.27 Å². The molecular weight excluding hydrogens is 410 g/mol. The number of carbonyl (C=O) groups is 1. The third-order valence-electron chi connectivity index (χ3n) is 5.20. The Labute approximate surface area is 181 Å². The first-order chi connectivity index (χ1) is 15.1. The van der Waals surface area contributed by atoms with Crippen molar-refractivity contribution in [2.75, 3.05) is 5.32 Å². The second kappa shape index (κ2) is 7.85. The minimum Gasteiger partial charge on any atom is -0.408 e. The average Bonchev–Trinajstić information content (AvgIpc) is 3.33. The van der Waals surface area contributed by atoms with Crippen molar-refractivity contribution in [2.24, 2.45) is 0 Å². The molecule has 7 heteroatoms. The van der Waals surface area contributed by atoms with Gasteiger partial charge in [-0.1, -0.05) is 36.4 Å². The predicted molar refractivity (Wildman–Crippen MR) is 123 cm³/mol. The van der Waals surface area contributed by atoms with Gasteiger partial charge in [-0.25, -0.2) is 9.78 Å². The Balaban J connectivity index is 1.30. The van der Waals surface area contributed by atoms with E-state index in [4.69, 9.17) is 4.42 Å². The zero-order chi connectivity index (χ0) is 21.4. The molecule has 0 aliphatic carbocycles. The number of hydrogen-bond donors (Lipinski definition) is 1. The number of anilines is 1. The molecule has 1 atom stereocenters. The SMILES string of the molecule is C[C@@H](C(=O)Nc1ccc(Cc2nc3ccccc3s2)cc1)n1c(=O)oc2ccccc21. The van der Waals surface area contributed by atoms with Gasteiger partial charge in [0.2, 0.25) is 5.91 Å². The van der Waals surface area contributed by atoms with Gasteiger partial charge in [0.1, 0.15) is 6.04 Å². The number of fused-ring (bicyclic) bond motifs is 2. The highest BCUT2D eigenvalue weighted by Crippen LogP contribution is 2.24. The minimum absolute atomic E-state index is 0.285. The van der Waals surface area contributed by atoms with Crippen LogP contribution in [0.1, 0.15) is 23.5 Å². The summed E-state index contributed by atoms with van der Waals surface area (Å²) in [6.07, 6.45) is 0.736. The maximum Gasteiger partial charge on any atom is 0.420 e. The van der Waals surface area contributed by atoms with Crippen LogP contribution in [0.2, 0.25) is 0 Å². The van der Waals surface area contributed by atoms with Crippen molar-refractivity contribution >= 4 is 44.2 Å². The van der Waals surface area contributed by atoms with Gasteiger partial charge in [0.15, 0.2) is 5.58 Å². The lowest BCUT2D eigenvalue weighted by Gasteiger charge is -2.13. The lowest BCUT2D eigenvalue weighted by molar-refractivity contribution is -0.118. The molecule has 0 unspecified atom stereocenters. The summed E-state index contributed by atoms with van der Waals surface area (Å²) < 4.78 is 7.78. The number of nitrogens with zero attached hydrogens (tertiary/aromatic N) is 2. The highest BCUT2D eigenvalue weighted by molar-refractivity contribution is 7.18. The van der Waals surface area contributed by atoms with Crippen molar-refractivity contribution < 1.29 is 9.21 Å². The van der Waals surface area contributed by atoms with Crippen LogP contribution in [0.5, 0.6) is 0 Å². The van der Waals surface area contributed by atoms with Crippen LogP contribution in [0.4, 0.5) is 5.69 Å². The van der Waals surface area contributed by atoms with Gasteiger partial charge < -0.3 is 9.73 Å². The summed E-state index contributed by atoms with van der Waals surface area (Å²) in [7, 11) is 0. The predicted octanol–water partition coefficient (Wildman–Crippen LogP) is 4.99. The quantitative estimate of drug-likeness (QED) is 0.427. The normalized spacial score (nSPS) is 12.3. The molecule has 0 fully saturated rings. The Kier molecular flexibility index (Phi) is 4.88. The largest absolute Gasteiger partial charge is 0.420 e. The van der Waals surface area contributed by atoms with Crippen LogP contribution in [-0.2, 0) is 11.2 Å². The van der Waals surface area contributed by atoms with Crippen LogP contribution in [0, 0.1) is 0 Å². The summed E-state index contributed by atoms with van der Waals surface area (Å²) in [5, 5.41) is 3.93. The highest BCUT2D eigenvalue weighted by Gasteiger charge is 2.21. The van der Waals surface area contributed by atoms with Gasteiger partial charge in [-0.2, -0.15) is 0 Å².